The van der Waals surface area contributed by atoms with E-state index in [1.807, 2.05) is 31.2 Å². The molecule has 0 aliphatic rings. The summed E-state index contributed by atoms with van der Waals surface area (Å²) in [5.41, 5.74) is 2.17. The number of halogens is 2. The van der Waals surface area contributed by atoms with Crippen LogP contribution in [0.3, 0.4) is 0 Å². The van der Waals surface area contributed by atoms with E-state index in [4.69, 9.17) is 9.47 Å². The van der Waals surface area contributed by atoms with Gasteiger partial charge in [0, 0.05) is 19.3 Å². The van der Waals surface area contributed by atoms with E-state index in [-0.39, 0.29) is 11.3 Å². The predicted molar refractivity (Wildman–Crippen MR) is 111 cm³/mol. The van der Waals surface area contributed by atoms with Crippen molar-refractivity contribution in [1.29, 1.82) is 0 Å². The lowest BCUT2D eigenvalue weighted by molar-refractivity contribution is 0.192. The first-order valence-electron chi connectivity index (χ1n) is 10.4. The van der Waals surface area contributed by atoms with Gasteiger partial charge in [0.25, 0.3) is 0 Å². The summed E-state index contributed by atoms with van der Waals surface area (Å²) in [6.45, 7) is 3.26. The maximum Gasteiger partial charge on any atom is 0.201 e. The molecule has 4 heteroatoms. The summed E-state index contributed by atoms with van der Waals surface area (Å²) in [5, 5.41) is 0. The summed E-state index contributed by atoms with van der Waals surface area (Å²) in [7, 11) is 1.74. The van der Waals surface area contributed by atoms with Gasteiger partial charge >= 0.3 is 0 Å². The molecule has 0 N–H and O–H groups in total. The highest BCUT2D eigenvalue weighted by Gasteiger charge is 2.15. The predicted octanol–water partition coefficient (Wildman–Crippen LogP) is 6.95. The standard InChI is InChI=1S/C24H32F2O2/c1-3-4-18-28-22-16-15-21(23(25)24(22)26)20-13-11-19(12-14-20)10-8-6-5-7-9-17-27-2/h11-16H,3-10,17-18H2,1-2H3. The Morgan fingerprint density at radius 1 is 0.750 bits per heavy atom. The van der Waals surface area contributed by atoms with Gasteiger partial charge in [0.2, 0.25) is 5.82 Å². The fourth-order valence-electron chi connectivity index (χ4n) is 3.15. The van der Waals surface area contributed by atoms with Crippen molar-refractivity contribution in [3.05, 3.63) is 53.6 Å². The Labute approximate surface area is 167 Å². The second-order valence-electron chi connectivity index (χ2n) is 7.15. The molecule has 0 bridgehead atoms. The van der Waals surface area contributed by atoms with Crippen LogP contribution in [-0.2, 0) is 11.2 Å². The normalized spacial score (nSPS) is 11.0. The second-order valence-corrected chi connectivity index (χ2v) is 7.15. The highest BCUT2D eigenvalue weighted by molar-refractivity contribution is 5.65. The number of ether oxygens (including phenoxy) is 2. The molecule has 0 aromatic heterocycles. The molecule has 2 nitrogen and oxygen atoms in total. The molecule has 154 valence electrons. The summed E-state index contributed by atoms with van der Waals surface area (Å²) in [4.78, 5) is 0. The third-order valence-electron chi connectivity index (χ3n) is 4.88. The molecule has 0 saturated carbocycles. The minimum absolute atomic E-state index is 0.0168. The molecule has 0 spiro atoms. The topological polar surface area (TPSA) is 18.5 Å². The van der Waals surface area contributed by atoms with Crippen LogP contribution in [0.4, 0.5) is 8.78 Å². The van der Waals surface area contributed by atoms with Crippen LogP contribution in [0.1, 0.15) is 57.4 Å². The van der Waals surface area contributed by atoms with E-state index < -0.39 is 11.6 Å². The first kappa shape index (κ1) is 22.4. The van der Waals surface area contributed by atoms with Crippen LogP contribution in [0.2, 0.25) is 0 Å². The van der Waals surface area contributed by atoms with Crippen LogP contribution in [-0.4, -0.2) is 20.3 Å². The van der Waals surface area contributed by atoms with Crippen molar-refractivity contribution >= 4 is 0 Å². The van der Waals surface area contributed by atoms with E-state index in [0.29, 0.717) is 12.2 Å². The molecular weight excluding hydrogens is 358 g/mol. The first-order valence-corrected chi connectivity index (χ1v) is 10.4. The Bertz CT molecular complexity index is 698. The van der Waals surface area contributed by atoms with Crippen LogP contribution < -0.4 is 4.74 Å². The maximum atomic E-state index is 14.5. The lowest BCUT2D eigenvalue weighted by Gasteiger charge is -2.11. The van der Waals surface area contributed by atoms with Gasteiger partial charge in [-0.15, -0.1) is 0 Å². The lowest BCUT2D eigenvalue weighted by atomic mass is 10.00. The van der Waals surface area contributed by atoms with Crippen molar-refractivity contribution in [2.75, 3.05) is 20.3 Å². The van der Waals surface area contributed by atoms with Crippen molar-refractivity contribution in [3.63, 3.8) is 0 Å². The summed E-state index contributed by atoms with van der Waals surface area (Å²) in [6, 6.07) is 10.8. The molecule has 0 atom stereocenters. The number of benzene rings is 2. The molecule has 0 unspecified atom stereocenters. The van der Waals surface area contributed by atoms with Crippen molar-refractivity contribution in [3.8, 4) is 16.9 Å². The van der Waals surface area contributed by atoms with Crippen molar-refractivity contribution in [2.45, 2.75) is 58.3 Å². The molecule has 0 radical (unpaired) electrons. The van der Waals surface area contributed by atoms with Crippen LogP contribution in [0, 0.1) is 11.6 Å². The summed E-state index contributed by atoms with van der Waals surface area (Å²) >= 11 is 0. The van der Waals surface area contributed by atoms with E-state index in [0.717, 1.165) is 38.7 Å². The SMILES string of the molecule is CCCCOc1ccc(-c2ccc(CCCCCCCOC)cc2)c(F)c1F. The Morgan fingerprint density at radius 3 is 2.18 bits per heavy atom. The van der Waals surface area contributed by atoms with Gasteiger partial charge in [0.05, 0.1) is 6.61 Å². The van der Waals surface area contributed by atoms with E-state index in [1.54, 1.807) is 13.2 Å². The van der Waals surface area contributed by atoms with Crippen LogP contribution in [0.5, 0.6) is 5.75 Å². The van der Waals surface area contributed by atoms with Gasteiger partial charge in [-0.25, -0.2) is 4.39 Å². The fourth-order valence-corrected chi connectivity index (χ4v) is 3.15. The Balaban J connectivity index is 1.89. The molecule has 0 aliphatic carbocycles. The van der Waals surface area contributed by atoms with Crippen molar-refractivity contribution < 1.29 is 18.3 Å². The van der Waals surface area contributed by atoms with Gasteiger partial charge in [-0.05, 0) is 48.9 Å². The number of unbranched alkanes of at least 4 members (excludes halogenated alkanes) is 5. The molecular formula is C24H32F2O2. The minimum atomic E-state index is -0.911. The average Bonchev–Trinajstić information content (AvgIpc) is 2.71. The number of aryl methyl sites for hydroxylation is 1. The molecule has 0 saturated heterocycles. The zero-order chi connectivity index (χ0) is 20.2. The number of rotatable bonds is 13. The molecule has 0 amide bonds. The van der Waals surface area contributed by atoms with Crippen molar-refractivity contribution in [2.24, 2.45) is 0 Å². The smallest absolute Gasteiger partial charge is 0.201 e. The van der Waals surface area contributed by atoms with Gasteiger partial charge in [0.15, 0.2) is 11.6 Å². The summed E-state index contributed by atoms with van der Waals surface area (Å²) < 4.78 is 39.1. The Kier molecular flexibility index (Phi) is 9.98. The van der Waals surface area contributed by atoms with E-state index in [1.165, 1.54) is 30.9 Å². The molecule has 2 rings (SSSR count). The fraction of sp³-hybridized carbons (Fsp3) is 0.500. The first-order chi connectivity index (χ1) is 13.7. The highest BCUT2D eigenvalue weighted by Crippen LogP contribution is 2.30. The second kappa shape index (κ2) is 12.5. The highest BCUT2D eigenvalue weighted by atomic mass is 19.2. The molecule has 0 heterocycles. The minimum Gasteiger partial charge on any atom is -0.490 e. The zero-order valence-corrected chi connectivity index (χ0v) is 17.1. The van der Waals surface area contributed by atoms with Gasteiger partial charge < -0.3 is 9.47 Å². The van der Waals surface area contributed by atoms with Gasteiger partial charge in [-0.1, -0.05) is 56.9 Å². The van der Waals surface area contributed by atoms with Gasteiger partial charge in [-0.2, -0.15) is 4.39 Å². The molecule has 28 heavy (non-hydrogen) atoms. The average molecular weight is 391 g/mol. The monoisotopic (exact) mass is 390 g/mol. The van der Waals surface area contributed by atoms with E-state index in [9.17, 15) is 8.78 Å². The Morgan fingerprint density at radius 2 is 1.46 bits per heavy atom. The number of hydrogen-bond acceptors (Lipinski definition) is 2. The summed E-state index contributed by atoms with van der Waals surface area (Å²) in [6.07, 6.45) is 8.65. The number of hydrogen-bond donors (Lipinski definition) is 0. The van der Waals surface area contributed by atoms with Crippen LogP contribution in [0.15, 0.2) is 36.4 Å². The van der Waals surface area contributed by atoms with Gasteiger partial charge in [-0.3, -0.25) is 0 Å². The van der Waals surface area contributed by atoms with E-state index >= 15 is 0 Å². The molecule has 2 aromatic rings. The molecule has 0 fully saturated rings. The maximum absolute atomic E-state index is 14.5. The third kappa shape index (κ3) is 6.90. The summed E-state index contributed by atoms with van der Waals surface area (Å²) in [5.74, 6) is -1.78. The zero-order valence-electron chi connectivity index (χ0n) is 17.1. The van der Waals surface area contributed by atoms with Gasteiger partial charge in [0.1, 0.15) is 0 Å². The number of methoxy groups -OCH3 is 1. The quantitative estimate of drug-likeness (QED) is 0.345. The largest absolute Gasteiger partial charge is 0.490 e. The molecule has 0 aliphatic heterocycles. The van der Waals surface area contributed by atoms with Crippen molar-refractivity contribution in [1.82, 2.24) is 0 Å². The Hall–Kier alpha value is -1.94. The van der Waals surface area contributed by atoms with E-state index in [2.05, 4.69) is 0 Å². The van der Waals surface area contributed by atoms with Crippen LogP contribution >= 0.6 is 0 Å². The lowest BCUT2D eigenvalue weighted by Crippen LogP contribution is -2.01. The molecule has 2 aromatic carbocycles. The third-order valence-corrected chi connectivity index (χ3v) is 4.88. The van der Waals surface area contributed by atoms with Crippen LogP contribution in [0.25, 0.3) is 11.1 Å².